The van der Waals surface area contributed by atoms with Gasteiger partial charge in [-0.15, -0.1) is 0 Å². The Morgan fingerprint density at radius 3 is 3.25 bits per heavy atom. The van der Waals surface area contributed by atoms with Gasteiger partial charge < -0.3 is 5.32 Å². The van der Waals surface area contributed by atoms with Gasteiger partial charge in [0.25, 0.3) is 0 Å². The Labute approximate surface area is 72.7 Å². The average Bonchev–Trinajstić information content (AvgIpc) is 2.15. The molecule has 0 aromatic heterocycles. The molecule has 1 aliphatic heterocycles. The number of hydrogen-bond acceptors (Lipinski definition) is 3. The van der Waals surface area contributed by atoms with E-state index in [9.17, 15) is 0 Å². The van der Waals surface area contributed by atoms with Crippen molar-refractivity contribution in [2.45, 2.75) is 13.3 Å². The fraction of sp³-hybridized carbons (Fsp3) is 0.500. The second-order valence-electron chi connectivity index (χ2n) is 2.38. The highest BCUT2D eigenvalue weighted by Crippen LogP contribution is 1.97. The molecule has 0 atom stereocenters. The van der Waals surface area contributed by atoms with Gasteiger partial charge in [0, 0.05) is 19.5 Å². The normalized spacial score (nSPS) is 20.5. The van der Waals surface area contributed by atoms with Crippen LogP contribution in [0.25, 0.3) is 0 Å². The van der Waals surface area contributed by atoms with E-state index in [-0.39, 0.29) is 0 Å². The van der Waals surface area contributed by atoms with E-state index in [0.717, 1.165) is 12.3 Å². The maximum atomic E-state index is 4.22. The summed E-state index contributed by atoms with van der Waals surface area (Å²) in [6.07, 6.45) is 6.58. The molecule has 0 fully saturated rings. The minimum absolute atomic E-state index is 0.694. The molecule has 4 nitrogen and oxygen atoms in total. The lowest BCUT2D eigenvalue weighted by Gasteiger charge is -2.21. The molecule has 1 heterocycles. The first-order chi connectivity index (χ1) is 5.88. The molecule has 0 aromatic rings. The second-order valence-corrected chi connectivity index (χ2v) is 2.38. The van der Waals surface area contributed by atoms with Gasteiger partial charge in [0.2, 0.25) is 0 Å². The summed E-state index contributed by atoms with van der Waals surface area (Å²) < 4.78 is 0. The Bertz CT molecular complexity index is 217. The number of amidine groups is 1. The number of hydrazone groups is 1. The highest BCUT2D eigenvalue weighted by atomic mass is 15.5. The van der Waals surface area contributed by atoms with Crippen LogP contribution in [0.4, 0.5) is 0 Å². The van der Waals surface area contributed by atoms with Gasteiger partial charge in [-0.3, -0.25) is 4.99 Å². The van der Waals surface area contributed by atoms with Crippen molar-refractivity contribution < 1.29 is 0 Å². The summed E-state index contributed by atoms with van der Waals surface area (Å²) in [5.74, 6) is 0.887. The van der Waals surface area contributed by atoms with Crippen LogP contribution in [-0.4, -0.2) is 30.8 Å². The van der Waals surface area contributed by atoms with Crippen LogP contribution < -0.4 is 5.32 Å². The van der Waals surface area contributed by atoms with E-state index in [1.165, 1.54) is 0 Å². The van der Waals surface area contributed by atoms with Gasteiger partial charge >= 0.3 is 0 Å². The highest BCUT2D eigenvalue weighted by molar-refractivity contribution is 5.93. The summed E-state index contributed by atoms with van der Waals surface area (Å²) in [6.45, 7) is 2.75. The van der Waals surface area contributed by atoms with Gasteiger partial charge in [0.1, 0.15) is 12.5 Å². The van der Waals surface area contributed by atoms with Crippen LogP contribution in [0, 0.1) is 0 Å². The maximum Gasteiger partial charge on any atom is 0.147 e. The molecule has 0 aliphatic carbocycles. The Morgan fingerprint density at radius 2 is 2.58 bits per heavy atom. The van der Waals surface area contributed by atoms with E-state index in [1.807, 2.05) is 23.5 Å². The largest absolute Gasteiger partial charge is 0.372 e. The van der Waals surface area contributed by atoms with Crippen LogP contribution in [-0.2, 0) is 0 Å². The summed E-state index contributed by atoms with van der Waals surface area (Å²) in [4.78, 5) is 4.08. The zero-order valence-corrected chi connectivity index (χ0v) is 7.49. The lowest BCUT2D eigenvalue weighted by molar-refractivity contribution is 0.421. The monoisotopic (exact) mass is 166 g/mol. The third-order valence-electron chi connectivity index (χ3n) is 1.49. The molecule has 1 N–H and O–H groups in total. The Balaban J connectivity index is 2.63. The number of rotatable bonds is 2. The lowest BCUT2D eigenvalue weighted by Crippen LogP contribution is -2.35. The van der Waals surface area contributed by atoms with Gasteiger partial charge in [-0.1, -0.05) is 6.92 Å². The van der Waals surface area contributed by atoms with Crippen molar-refractivity contribution in [3.63, 3.8) is 0 Å². The Hall–Kier alpha value is -1.32. The van der Waals surface area contributed by atoms with Crippen molar-refractivity contribution in [1.29, 1.82) is 0 Å². The van der Waals surface area contributed by atoms with E-state index in [1.54, 1.807) is 7.05 Å². The molecule has 1 rings (SSSR count). The number of nitrogens with zero attached hydrogens (tertiary/aromatic N) is 3. The number of nitrogens with one attached hydrogen (secondary N) is 1. The fourth-order valence-corrected chi connectivity index (χ4v) is 0.910. The highest BCUT2D eigenvalue weighted by Gasteiger charge is 2.07. The van der Waals surface area contributed by atoms with Crippen molar-refractivity contribution >= 4 is 12.1 Å². The Morgan fingerprint density at radius 1 is 1.75 bits per heavy atom. The van der Waals surface area contributed by atoms with Gasteiger partial charge in [-0.25, -0.2) is 5.01 Å². The summed E-state index contributed by atoms with van der Waals surface area (Å²) in [5.41, 5.74) is 0. The standard InChI is InChI=1S/C8H14N4/c1-3-5-11-12-7-10-6-4-8(12)9-2/h4-6,10H,3,7H2,1-2H3/b9-8?,11-5-. The zero-order valence-electron chi connectivity index (χ0n) is 7.49. The minimum Gasteiger partial charge on any atom is -0.372 e. The molecule has 0 unspecified atom stereocenters. The molecule has 1 aliphatic rings. The fourth-order valence-electron chi connectivity index (χ4n) is 0.910. The minimum atomic E-state index is 0.694. The quantitative estimate of drug-likeness (QED) is 0.616. The van der Waals surface area contributed by atoms with Crippen LogP contribution in [0.2, 0.25) is 0 Å². The van der Waals surface area contributed by atoms with Crippen LogP contribution in [0.15, 0.2) is 22.4 Å². The summed E-state index contributed by atoms with van der Waals surface area (Å²) in [7, 11) is 1.76. The van der Waals surface area contributed by atoms with Crippen molar-refractivity contribution in [1.82, 2.24) is 10.3 Å². The van der Waals surface area contributed by atoms with Crippen molar-refractivity contribution in [3.8, 4) is 0 Å². The van der Waals surface area contributed by atoms with Crippen LogP contribution in [0.3, 0.4) is 0 Å². The first-order valence-corrected chi connectivity index (χ1v) is 4.05. The molecule has 12 heavy (non-hydrogen) atoms. The van der Waals surface area contributed by atoms with E-state index in [2.05, 4.69) is 22.3 Å². The molecule has 66 valence electrons. The van der Waals surface area contributed by atoms with E-state index in [4.69, 9.17) is 0 Å². The predicted octanol–water partition coefficient (Wildman–Crippen LogP) is 0.787. The van der Waals surface area contributed by atoms with Gasteiger partial charge in [0.05, 0.1) is 0 Å². The molecule has 0 aromatic carbocycles. The Kier molecular flexibility index (Phi) is 3.32. The lowest BCUT2D eigenvalue weighted by atomic mass is 10.4. The first-order valence-electron chi connectivity index (χ1n) is 4.05. The predicted molar refractivity (Wildman–Crippen MR) is 51.1 cm³/mol. The van der Waals surface area contributed by atoms with Crippen LogP contribution in [0.5, 0.6) is 0 Å². The first kappa shape index (κ1) is 8.77. The summed E-state index contributed by atoms with van der Waals surface area (Å²) in [6, 6.07) is 0. The van der Waals surface area contributed by atoms with Crippen LogP contribution >= 0.6 is 0 Å². The average molecular weight is 166 g/mol. The maximum absolute atomic E-state index is 4.22. The van der Waals surface area contributed by atoms with Gasteiger partial charge in [0.15, 0.2) is 0 Å². The molecule has 0 amide bonds. The molecule has 0 spiro atoms. The smallest absolute Gasteiger partial charge is 0.147 e. The number of aliphatic imine (C=N–C) groups is 1. The second kappa shape index (κ2) is 4.54. The zero-order chi connectivity index (χ0) is 8.81. The van der Waals surface area contributed by atoms with Gasteiger partial charge in [-0.2, -0.15) is 5.10 Å². The SMILES string of the molecule is CC/C=N\N1CNC=CC1=NC. The van der Waals surface area contributed by atoms with Crippen LogP contribution in [0.1, 0.15) is 13.3 Å². The topological polar surface area (TPSA) is 40.0 Å². The molecular weight excluding hydrogens is 152 g/mol. The van der Waals surface area contributed by atoms with Crippen molar-refractivity contribution in [2.75, 3.05) is 13.7 Å². The van der Waals surface area contributed by atoms with Gasteiger partial charge in [-0.05, 0) is 12.5 Å². The number of hydrogen-bond donors (Lipinski definition) is 1. The van der Waals surface area contributed by atoms with E-state index < -0.39 is 0 Å². The van der Waals surface area contributed by atoms with Crippen molar-refractivity contribution in [3.05, 3.63) is 12.3 Å². The molecule has 0 radical (unpaired) electrons. The molecule has 0 bridgehead atoms. The molecule has 0 saturated heterocycles. The summed E-state index contributed by atoms with van der Waals surface area (Å²) in [5, 5.41) is 9.10. The van der Waals surface area contributed by atoms with E-state index >= 15 is 0 Å². The molecule has 0 saturated carbocycles. The summed E-state index contributed by atoms with van der Waals surface area (Å²) >= 11 is 0. The third-order valence-corrected chi connectivity index (χ3v) is 1.49. The molecule has 4 heteroatoms. The van der Waals surface area contributed by atoms with Crippen molar-refractivity contribution in [2.24, 2.45) is 10.1 Å². The van der Waals surface area contributed by atoms with E-state index in [0.29, 0.717) is 6.67 Å². The molecular formula is C8H14N4. The third kappa shape index (κ3) is 2.08.